The Kier molecular flexibility index (Phi) is 4.92. The molecule has 0 saturated carbocycles. The summed E-state index contributed by atoms with van der Waals surface area (Å²) in [5.41, 5.74) is 1.75. The molecule has 120 valence electrons. The third kappa shape index (κ3) is 3.47. The zero-order valence-corrected chi connectivity index (χ0v) is 13.5. The maximum absolute atomic E-state index is 14.1. The predicted octanol–water partition coefficient (Wildman–Crippen LogP) is 5.25. The van der Waals surface area contributed by atoms with Crippen molar-refractivity contribution in [2.45, 2.75) is 5.92 Å². The van der Waals surface area contributed by atoms with Crippen LogP contribution in [0, 0.1) is 5.82 Å². The van der Waals surface area contributed by atoms with Gasteiger partial charge in [-0.15, -0.1) is 0 Å². The van der Waals surface area contributed by atoms with Crippen molar-refractivity contribution < 1.29 is 9.18 Å². The molecular weight excluding hydrogens is 325 g/mol. The molecule has 0 unspecified atom stereocenters. The number of carbonyl (C=O) groups excluding carboxylic acids is 1. The van der Waals surface area contributed by atoms with Crippen LogP contribution in [0.2, 0.25) is 5.02 Å². The number of halogens is 2. The Morgan fingerprint density at radius 1 is 0.833 bits per heavy atom. The molecule has 0 atom stereocenters. The lowest BCUT2D eigenvalue weighted by Crippen LogP contribution is -2.22. The fourth-order valence-corrected chi connectivity index (χ4v) is 2.77. The zero-order valence-electron chi connectivity index (χ0n) is 12.7. The van der Waals surface area contributed by atoms with Crippen molar-refractivity contribution in [2.24, 2.45) is 0 Å². The molecule has 0 aliphatic heterocycles. The Bertz CT molecular complexity index is 797. The van der Waals surface area contributed by atoms with Gasteiger partial charge in [-0.05, 0) is 23.3 Å². The topological polar surface area (TPSA) is 29.1 Å². The third-order valence-electron chi connectivity index (χ3n) is 3.74. The van der Waals surface area contributed by atoms with E-state index in [9.17, 15) is 9.18 Å². The Morgan fingerprint density at radius 3 is 1.92 bits per heavy atom. The van der Waals surface area contributed by atoms with Gasteiger partial charge in [0.15, 0.2) is 5.82 Å². The van der Waals surface area contributed by atoms with Gasteiger partial charge in [0.2, 0.25) is 5.91 Å². The van der Waals surface area contributed by atoms with Gasteiger partial charge in [0, 0.05) is 0 Å². The molecule has 4 heteroatoms. The van der Waals surface area contributed by atoms with Crippen LogP contribution in [0.3, 0.4) is 0 Å². The van der Waals surface area contributed by atoms with Gasteiger partial charge in [-0.25, -0.2) is 4.39 Å². The Balaban J connectivity index is 1.97. The number of rotatable bonds is 4. The quantitative estimate of drug-likeness (QED) is 0.691. The first-order chi connectivity index (χ1) is 11.7. The van der Waals surface area contributed by atoms with E-state index in [1.807, 2.05) is 60.7 Å². The molecule has 0 spiro atoms. The molecule has 0 radical (unpaired) electrons. The van der Waals surface area contributed by atoms with E-state index in [2.05, 4.69) is 5.32 Å². The van der Waals surface area contributed by atoms with E-state index in [0.717, 1.165) is 11.1 Å². The van der Waals surface area contributed by atoms with Crippen LogP contribution in [-0.4, -0.2) is 5.91 Å². The standard InChI is InChI=1S/C20H15ClFNO/c21-16-12-7-13-17(19(16)22)23-20(24)18(14-8-3-1-4-9-14)15-10-5-2-6-11-15/h1-13,18H,(H,23,24). The number of carbonyl (C=O) groups is 1. The average molecular weight is 340 g/mol. The van der Waals surface area contributed by atoms with Crippen LogP contribution in [-0.2, 0) is 4.79 Å². The largest absolute Gasteiger partial charge is 0.323 e. The molecule has 0 fully saturated rings. The highest BCUT2D eigenvalue weighted by molar-refractivity contribution is 6.31. The van der Waals surface area contributed by atoms with Crippen molar-refractivity contribution in [2.75, 3.05) is 5.32 Å². The van der Waals surface area contributed by atoms with Crippen LogP contribution < -0.4 is 5.32 Å². The molecular formula is C20H15ClFNO. The van der Waals surface area contributed by atoms with Crippen molar-refractivity contribution in [3.63, 3.8) is 0 Å². The lowest BCUT2D eigenvalue weighted by molar-refractivity contribution is -0.116. The van der Waals surface area contributed by atoms with Gasteiger partial charge < -0.3 is 5.32 Å². The number of hydrogen-bond donors (Lipinski definition) is 1. The Labute approximate surface area is 144 Å². The monoisotopic (exact) mass is 339 g/mol. The highest BCUT2D eigenvalue weighted by Crippen LogP contribution is 2.28. The molecule has 1 N–H and O–H groups in total. The van der Waals surface area contributed by atoms with Crippen molar-refractivity contribution in [3.8, 4) is 0 Å². The van der Waals surface area contributed by atoms with E-state index in [4.69, 9.17) is 11.6 Å². The normalized spacial score (nSPS) is 10.6. The van der Waals surface area contributed by atoms with Crippen molar-refractivity contribution in [3.05, 3.63) is 101 Å². The molecule has 1 amide bonds. The Hall–Kier alpha value is -2.65. The summed E-state index contributed by atoms with van der Waals surface area (Å²) in [4.78, 5) is 12.9. The minimum atomic E-state index is -0.632. The summed E-state index contributed by atoms with van der Waals surface area (Å²) in [6.07, 6.45) is 0. The summed E-state index contributed by atoms with van der Waals surface area (Å²) in [7, 11) is 0. The van der Waals surface area contributed by atoms with Crippen LogP contribution in [0.25, 0.3) is 0 Å². The van der Waals surface area contributed by atoms with Crippen molar-refractivity contribution in [1.29, 1.82) is 0 Å². The molecule has 3 aromatic carbocycles. The van der Waals surface area contributed by atoms with Gasteiger partial charge in [0.25, 0.3) is 0 Å². The minimum Gasteiger partial charge on any atom is -0.323 e. The second-order valence-electron chi connectivity index (χ2n) is 5.35. The number of amides is 1. The minimum absolute atomic E-state index is 0.0243. The van der Waals surface area contributed by atoms with Crippen molar-refractivity contribution >= 4 is 23.2 Å². The highest BCUT2D eigenvalue weighted by Gasteiger charge is 2.23. The first-order valence-electron chi connectivity index (χ1n) is 7.51. The summed E-state index contributed by atoms with van der Waals surface area (Å²) in [6.45, 7) is 0. The van der Waals surface area contributed by atoms with Gasteiger partial charge in [0.1, 0.15) is 0 Å². The van der Waals surface area contributed by atoms with E-state index >= 15 is 0 Å². The van der Waals surface area contributed by atoms with E-state index in [1.165, 1.54) is 12.1 Å². The average Bonchev–Trinajstić information content (AvgIpc) is 2.61. The van der Waals surface area contributed by atoms with Gasteiger partial charge >= 0.3 is 0 Å². The summed E-state index contributed by atoms with van der Waals surface area (Å²) in [5.74, 6) is -1.48. The fraction of sp³-hybridized carbons (Fsp3) is 0.0500. The third-order valence-corrected chi connectivity index (χ3v) is 4.03. The lowest BCUT2D eigenvalue weighted by atomic mass is 9.90. The lowest BCUT2D eigenvalue weighted by Gasteiger charge is -2.18. The van der Waals surface area contributed by atoms with Gasteiger partial charge in [0.05, 0.1) is 16.6 Å². The number of hydrogen-bond acceptors (Lipinski definition) is 1. The maximum atomic E-state index is 14.1. The van der Waals surface area contributed by atoms with Crippen LogP contribution in [0.4, 0.5) is 10.1 Å². The zero-order chi connectivity index (χ0) is 16.9. The van der Waals surface area contributed by atoms with Crippen LogP contribution in [0.15, 0.2) is 78.9 Å². The number of anilines is 1. The molecule has 0 aliphatic rings. The smallest absolute Gasteiger partial charge is 0.236 e. The summed E-state index contributed by atoms with van der Waals surface area (Å²) in [6, 6.07) is 23.3. The molecule has 0 saturated heterocycles. The molecule has 2 nitrogen and oxygen atoms in total. The predicted molar refractivity (Wildman–Crippen MR) is 94.8 cm³/mol. The molecule has 0 heterocycles. The van der Waals surface area contributed by atoms with Crippen LogP contribution in [0.1, 0.15) is 17.0 Å². The van der Waals surface area contributed by atoms with Crippen molar-refractivity contribution in [1.82, 2.24) is 0 Å². The summed E-state index contributed by atoms with van der Waals surface area (Å²) in [5, 5.41) is 2.63. The molecule has 3 aromatic rings. The SMILES string of the molecule is O=C(Nc1cccc(Cl)c1F)C(c1ccccc1)c1ccccc1. The second-order valence-corrected chi connectivity index (χ2v) is 5.75. The Morgan fingerprint density at radius 2 is 1.38 bits per heavy atom. The van der Waals surface area contributed by atoms with Crippen LogP contribution in [0.5, 0.6) is 0 Å². The van der Waals surface area contributed by atoms with E-state index in [-0.39, 0.29) is 16.6 Å². The van der Waals surface area contributed by atoms with E-state index in [1.54, 1.807) is 6.07 Å². The van der Waals surface area contributed by atoms with Crippen LogP contribution >= 0.6 is 11.6 Å². The molecule has 3 rings (SSSR count). The van der Waals surface area contributed by atoms with Gasteiger partial charge in [-0.3, -0.25) is 4.79 Å². The van der Waals surface area contributed by atoms with E-state index in [0.29, 0.717) is 0 Å². The van der Waals surface area contributed by atoms with E-state index < -0.39 is 11.7 Å². The molecule has 0 bridgehead atoms. The first-order valence-corrected chi connectivity index (χ1v) is 7.89. The molecule has 24 heavy (non-hydrogen) atoms. The fourth-order valence-electron chi connectivity index (χ4n) is 2.59. The summed E-state index contributed by atoms with van der Waals surface area (Å²) >= 11 is 5.78. The summed E-state index contributed by atoms with van der Waals surface area (Å²) < 4.78 is 14.1. The van der Waals surface area contributed by atoms with Gasteiger partial charge in [-0.2, -0.15) is 0 Å². The maximum Gasteiger partial charge on any atom is 0.236 e. The first kappa shape index (κ1) is 16.2. The molecule has 0 aromatic heterocycles. The number of nitrogens with one attached hydrogen (secondary N) is 1. The molecule has 0 aliphatic carbocycles. The number of benzene rings is 3. The highest BCUT2D eigenvalue weighted by atomic mass is 35.5. The second kappa shape index (κ2) is 7.28. The van der Waals surface area contributed by atoms with Gasteiger partial charge in [-0.1, -0.05) is 78.3 Å².